The van der Waals surface area contributed by atoms with E-state index in [0.29, 0.717) is 4.95 Å². The third-order valence-electron chi connectivity index (χ3n) is 3.23. The Hall–Kier alpha value is -1.28. The average molecular weight is 288 g/mol. The molecule has 2 aromatic carbocycles. The Morgan fingerprint density at radius 3 is 1.88 bits per heavy atom. The van der Waals surface area contributed by atoms with Gasteiger partial charge in [-0.05, 0) is 18.6 Å². The molecule has 3 aromatic rings. The van der Waals surface area contributed by atoms with Gasteiger partial charge in [-0.15, -0.1) is 0 Å². The third kappa shape index (κ3) is 1.59. The summed E-state index contributed by atoms with van der Waals surface area (Å²) in [6.45, 7) is 2.20. The fraction of sp³-hybridized carbons (Fsp3) is 0.200. The Balaban J connectivity index is 2.50. The highest BCUT2D eigenvalue weighted by molar-refractivity contribution is 9.09. The molecule has 17 heavy (non-hydrogen) atoms. The summed E-state index contributed by atoms with van der Waals surface area (Å²) in [5, 5.41) is 2.67. The second kappa shape index (κ2) is 4.19. The van der Waals surface area contributed by atoms with Crippen LogP contribution in [-0.4, -0.2) is 4.57 Å². The number of aromatic nitrogens is 1. The molecule has 0 radical (unpaired) electrons. The average Bonchev–Trinajstić information content (AvgIpc) is 2.72. The molecular formula is C15H14BrN. The van der Waals surface area contributed by atoms with Crippen LogP contribution in [0.5, 0.6) is 0 Å². The molecule has 1 aromatic heterocycles. The molecule has 0 amide bonds. The summed E-state index contributed by atoms with van der Waals surface area (Å²) < 4.78 is 2.38. The maximum atomic E-state index is 3.77. The summed E-state index contributed by atoms with van der Waals surface area (Å²) >= 11 is 3.77. The van der Waals surface area contributed by atoms with E-state index >= 15 is 0 Å². The Kier molecular flexibility index (Phi) is 2.67. The van der Waals surface area contributed by atoms with Crippen molar-refractivity contribution in [1.82, 2.24) is 4.57 Å². The van der Waals surface area contributed by atoms with Crippen LogP contribution in [0.1, 0.15) is 18.3 Å². The van der Waals surface area contributed by atoms with Crippen molar-refractivity contribution in [3.8, 4) is 0 Å². The fourth-order valence-electron chi connectivity index (χ4n) is 2.44. The molecule has 1 heterocycles. The Labute approximate surface area is 109 Å². The number of alkyl halides is 1. The zero-order chi connectivity index (χ0) is 11.8. The van der Waals surface area contributed by atoms with Crippen molar-refractivity contribution in [3.05, 3.63) is 48.5 Å². The molecule has 0 saturated heterocycles. The van der Waals surface area contributed by atoms with Crippen molar-refractivity contribution in [1.29, 1.82) is 0 Å². The molecule has 0 spiro atoms. The highest BCUT2D eigenvalue weighted by Crippen LogP contribution is 2.34. The van der Waals surface area contributed by atoms with Gasteiger partial charge in [-0.3, -0.25) is 0 Å². The Morgan fingerprint density at radius 1 is 0.941 bits per heavy atom. The van der Waals surface area contributed by atoms with E-state index in [1.807, 2.05) is 0 Å². The summed E-state index contributed by atoms with van der Waals surface area (Å²) in [6, 6.07) is 17.2. The smallest absolute Gasteiger partial charge is 0.0892 e. The number of hydrogen-bond donors (Lipinski definition) is 0. The van der Waals surface area contributed by atoms with Crippen LogP contribution < -0.4 is 0 Å². The van der Waals surface area contributed by atoms with Gasteiger partial charge in [-0.2, -0.15) is 0 Å². The van der Waals surface area contributed by atoms with Crippen LogP contribution in [0.15, 0.2) is 48.5 Å². The first-order chi connectivity index (χ1) is 8.33. The van der Waals surface area contributed by atoms with Crippen LogP contribution >= 0.6 is 15.9 Å². The number of nitrogens with zero attached hydrogens (tertiary/aromatic N) is 1. The molecule has 1 nitrogen and oxygen atoms in total. The standard InChI is InChI=1S/C15H14BrN/c1-2-15(16)17-13-9-5-3-7-11(13)12-8-4-6-10-14(12)17/h3-10,15H,2H2,1H3. The number of benzene rings is 2. The van der Waals surface area contributed by atoms with E-state index in [2.05, 4.69) is 76.0 Å². The second-order valence-electron chi connectivity index (χ2n) is 4.25. The monoisotopic (exact) mass is 287 g/mol. The molecule has 0 aliphatic rings. The molecule has 0 bridgehead atoms. The molecule has 0 saturated carbocycles. The van der Waals surface area contributed by atoms with Crippen LogP contribution in [0.3, 0.4) is 0 Å². The quantitative estimate of drug-likeness (QED) is 0.578. The normalized spacial score (nSPS) is 13.3. The first-order valence-electron chi connectivity index (χ1n) is 5.94. The predicted octanol–water partition coefficient (Wildman–Crippen LogP) is 5.10. The lowest BCUT2D eigenvalue weighted by atomic mass is 10.2. The Bertz CT molecular complexity index is 616. The summed E-state index contributed by atoms with van der Waals surface area (Å²) in [5.41, 5.74) is 2.61. The minimum atomic E-state index is 0.354. The maximum absolute atomic E-state index is 3.77. The molecule has 86 valence electrons. The van der Waals surface area contributed by atoms with E-state index in [1.54, 1.807) is 0 Å². The highest BCUT2D eigenvalue weighted by atomic mass is 79.9. The van der Waals surface area contributed by atoms with E-state index in [1.165, 1.54) is 21.8 Å². The van der Waals surface area contributed by atoms with Crippen LogP contribution in [0.25, 0.3) is 21.8 Å². The van der Waals surface area contributed by atoms with Gasteiger partial charge in [0.25, 0.3) is 0 Å². The van der Waals surface area contributed by atoms with Crippen molar-refractivity contribution in [2.24, 2.45) is 0 Å². The molecule has 1 atom stereocenters. The van der Waals surface area contributed by atoms with Crippen LogP contribution in [0.4, 0.5) is 0 Å². The summed E-state index contributed by atoms with van der Waals surface area (Å²) in [5.74, 6) is 0. The van der Waals surface area contributed by atoms with E-state index in [0.717, 1.165) is 6.42 Å². The largest absolute Gasteiger partial charge is 0.327 e. The number of hydrogen-bond acceptors (Lipinski definition) is 0. The van der Waals surface area contributed by atoms with Gasteiger partial charge in [0.2, 0.25) is 0 Å². The number of halogens is 1. The topological polar surface area (TPSA) is 4.93 Å². The molecule has 0 fully saturated rings. The zero-order valence-electron chi connectivity index (χ0n) is 9.73. The highest BCUT2D eigenvalue weighted by Gasteiger charge is 2.13. The lowest BCUT2D eigenvalue weighted by Gasteiger charge is -2.12. The molecule has 2 heteroatoms. The Morgan fingerprint density at radius 2 is 1.41 bits per heavy atom. The fourth-order valence-corrected chi connectivity index (χ4v) is 2.88. The van der Waals surface area contributed by atoms with Gasteiger partial charge in [0.1, 0.15) is 0 Å². The SMILES string of the molecule is CCC(Br)n1c2ccccc2c2ccccc21. The van der Waals surface area contributed by atoms with Crippen molar-refractivity contribution >= 4 is 37.7 Å². The second-order valence-corrected chi connectivity index (χ2v) is 5.30. The van der Waals surface area contributed by atoms with E-state index < -0.39 is 0 Å². The summed E-state index contributed by atoms with van der Waals surface area (Å²) in [7, 11) is 0. The van der Waals surface area contributed by atoms with E-state index in [9.17, 15) is 0 Å². The van der Waals surface area contributed by atoms with Crippen LogP contribution in [0, 0.1) is 0 Å². The van der Waals surface area contributed by atoms with Crippen molar-refractivity contribution in [3.63, 3.8) is 0 Å². The number of para-hydroxylation sites is 2. The molecule has 0 aliphatic heterocycles. The van der Waals surface area contributed by atoms with Crippen molar-refractivity contribution in [2.45, 2.75) is 18.3 Å². The first kappa shape index (κ1) is 10.8. The molecule has 0 aliphatic carbocycles. The minimum absolute atomic E-state index is 0.354. The predicted molar refractivity (Wildman–Crippen MR) is 77.7 cm³/mol. The molecule has 1 unspecified atom stereocenters. The van der Waals surface area contributed by atoms with Gasteiger partial charge >= 0.3 is 0 Å². The van der Waals surface area contributed by atoms with Crippen molar-refractivity contribution in [2.75, 3.05) is 0 Å². The molecular weight excluding hydrogens is 274 g/mol. The minimum Gasteiger partial charge on any atom is -0.327 e. The van der Waals surface area contributed by atoms with Gasteiger partial charge in [0, 0.05) is 10.8 Å². The van der Waals surface area contributed by atoms with Crippen molar-refractivity contribution < 1.29 is 0 Å². The van der Waals surface area contributed by atoms with E-state index in [-0.39, 0.29) is 0 Å². The van der Waals surface area contributed by atoms with E-state index in [4.69, 9.17) is 0 Å². The van der Waals surface area contributed by atoms with Gasteiger partial charge in [-0.1, -0.05) is 59.3 Å². The first-order valence-corrected chi connectivity index (χ1v) is 6.86. The van der Waals surface area contributed by atoms with Crippen LogP contribution in [0.2, 0.25) is 0 Å². The van der Waals surface area contributed by atoms with Gasteiger partial charge < -0.3 is 4.57 Å². The maximum Gasteiger partial charge on any atom is 0.0892 e. The van der Waals surface area contributed by atoms with Gasteiger partial charge in [0.05, 0.1) is 16.0 Å². The van der Waals surface area contributed by atoms with Crippen LogP contribution in [-0.2, 0) is 0 Å². The lowest BCUT2D eigenvalue weighted by molar-refractivity contribution is 0.714. The zero-order valence-corrected chi connectivity index (χ0v) is 11.3. The number of fused-ring (bicyclic) bond motifs is 3. The van der Waals surface area contributed by atoms with Gasteiger partial charge in [0.15, 0.2) is 0 Å². The lowest BCUT2D eigenvalue weighted by Crippen LogP contribution is -1.99. The molecule has 0 N–H and O–H groups in total. The van der Waals surface area contributed by atoms with Gasteiger partial charge in [-0.25, -0.2) is 0 Å². The third-order valence-corrected chi connectivity index (χ3v) is 4.29. The summed E-state index contributed by atoms with van der Waals surface area (Å²) in [6.07, 6.45) is 1.07. The number of rotatable bonds is 2. The molecule has 3 rings (SSSR count). The summed E-state index contributed by atoms with van der Waals surface area (Å²) in [4.78, 5) is 0.354.